The average Bonchev–Trinajstić information content (AvgIpc) is 2.97. The predicted octanol–water partition coefficient (Wildman–Crippen LogP) is 1.72. The van der Waals surface area contributed by atoms with Crippen LogP contribution in [0, 0.1) is 12.3 Å². The normalized spacial score (nSPS) is 24.1. The molecule has 0 radical (unpaired) electrons. The molecule has 2 rings (SSSR count). The third-order valence-electron chi connectivity index (χ3n) is 3.70. The summed E-state index contributed by atoms with van der Waals surface area (Å²) in [4.78, 5) is 15.5. The first-order valence-electron chi connectivity index (χ1n) is 6.48. The topological polar surface area (TPSA) is 87.6 Å². The third kappa shape index (κ3) is 2.59. The van der Waals surface area contributed by atoms with Gasteiger partial charge in [-0.05, 0) is 19.8 Å². The van der Waals surface area contributed by atoms with E-state index in [2.05, 4.69) is 4.98 Å². The van der Waals surface area contributed by atoms with Crippen molar-refractivity contribution in [3.05, 3.63) is 11.2 Å². The summed E-state index contributed by atoms with van der Waals surface area (Å²) >= 11 is 1.12. The van der Waals surface area contributed by atoms with Gasteiger partial charge in [0, 0.05) is 13.1 Å². The number of hydrogen-bond acceptors (Lipinski definition) is 5. The lowest BCUT2D eigenvalue weighted by molar-refractivity contribution is -0.148. The van der Waals surface area contributed by atoms with E-state index in [0.717, 1.165) is 17.8 Å². The number of aryl methyl sites for hydroxylation is 1. The number of aromatic nitrogens is 1. The van der Waals surface area contributed by atoms with Crippen LogP contribution in [0.15, 0.2) is 10.4 Å². The summed E-state index contributed by atoms with van der Waals surface area (Å²) in [5.74, 6) is -0.905. The Bertz CT molecular complexity index is 611. The number of rotatable bonds is 5. The second-order valence-electron chi connectivity index (χ2n) is 5.12. The molecule has 1 unspecified atom stereocenters. The number of carbonyl (C=O) groups is 1. The molecule has 1 aliphatic heterocycles. The van der Waals surface area contributed by atoms with E-state index in [1.54, 1.807) is 6.92 Å². The van der Waals surface area contributed by atoms with Crippen LogP contribution in [0.25, 0.3) is 0 Å². The van der Waals surface area contributed by atoms with Crippen molar-refractivity contribution in [2.75, 3.05) is 13.1 Å². The van der Waals surface area contributed by atoms with Crippen LogP contribution in [0.3, 0.4) is 0 Å². The Morgan fingerprint density at radius 3 is 2.80 bits per heavy atom. The lowest BCUT2D eigenvalue weighted by Gasteiger charge is -2.23. The van der Waals surface area contributed by atoms with Crippen molar-refractivity contribution in [3.8, 4) is 0 Å². The van der Waals surface area contributed by atoms with Crippen molar-refractivity contribution < 1.29 is 18.3 Å². The lowest BCUT2D eigenvalue weighted by Crippen LogP contribution is -2.36. The van der Waals surface area contributed by atoms with Crippen LogP contribution in [0.5, 0.6) is 0 Å². The Morgan fingerprint density at radius 2 is 2.30 bits per heavy atom. The van der Waals surface area contributed by atoms with Crippen LogP contribution < -0.4 is 0 Å². The number of sulfonamides is 1. The highest BCUT2D eigenvalue weighted by molar-refractivity contribution is 7.91. The molecule has 2 heterocycles. The van der Waals surface area contributed by atoms with Gasteiger partial charge in [0.25, 0.3) is 10.0 Å². The molecule has 0 bridgehead atoms. The van der Waals surface area contributed by atoms with E-state index in [1.165, 1.54) is 10.5 Å². The molecule has 1 atom stereocenters. The van der Waals surface area contributed by atoms with E-state index in [1.807, 2.05) is 6.92 Å². The summed E-state index contributed by atoms with van der Waals surface area (Å²) in [5.41, 5.74) is -0.943. The minimum Gasteiger partial charge on any atom is -0.481 e. The molecule has 6 nitrogen and oxygen atoms in total. The number of nitrogens with zero attached hydrogens (tertiary/aromatic N) is 2. The van der Waals surface area contributed by atoms with Crippen LogP contribution in [-0.4, -0.2) is 41.9 Å². The fourth-order valence-electron chi connectivity index (χ4n) is 2.59. The molecular weight excluding hydrogens is 300 g/mol. The van der Waals surface area contributed by atoms with Gasteiger partial charge in [0.15, 0.2) is 4.21 Å². The highest BCUT2D eigenvalue weighted by Crippen LogP contribution is 2.38. The van der Waals surface area contributed by atoms with Crippen LogP contribution in [-0.2, 0) is 14.8 Å². The fourth-order valence-corrected chi connectivity index (χ4v) is 5.38. The van der Waals surface area contributed by atoms with E-state index in [9.17, 15) is 18.3 Å². The highest BCUT2D eigenvalue weighted by atomic mass is 32.2. The van der Waals surface area contributed by atoms with Crippen molar-refractivity contribution in [1.29, 1.82) is 0 Å². The molecule has 0 aliphatic carbocycles. The molecule has 0 saturated carbocycles. The molecule has 1 N–H and O–H groups in total. The van der Waals surface area contributed by atoms with Gasteiger partial charge >= 0.3 is 5.97 Å². The molecule has 1 aromatic heterocycles. The monoisotopic (exact) mass is 318 g/mol. The maximum Gasteiger partial charge on any atom is 0.311 e. The maximum atomic E-state index is 12.5. The molecule has 8 heteroatoms. The Kier molecular flexibility index (Phi) is 4.17. The zero-order valence-electron chi connectivity index (χ0n) is 11.5. The SMILES string of the molecule is CCCC1(C(=O)O)CCN(S(=O)(=O)c2cnc(C)s2)C1. The Labute approximate surface area is 122 Å². The Hall–Kier alpha value is -0.990. The summed E-state index contributed by atoms with van der Waals surface area (Å²) in [6.07, 6.45) is 2.93. The standard InChI is InChI=1S/C12H18N2O4S2/c1-3-4-12(11(15)16)5-6-14(8-12)20(17,18)10-7-13-9(2)19-10/h7H,3-6,8H2,1-2H3,(H,15,16). The van der Waals surface area contributed by atoms with Gasteiger partial charge in [0.2, 0.25) is 0 Å². The van der Waals surface area contributed by atoms with Crippen molar-refractivity contribution >= 4 is 27.3 Å². The highest BCUT2D eigenvalue weighted by Gasteiger charge is 2.47. The van der Waals surface area contributed by atoms with E-state index in [4.69, 9.17) is 0 Å². The van der Waals surface area contributed by atoms with Crippen LogP contribution in [0.4, 0.5) is 0 Å². The predicted molar refractivity (Wildman–Crippen MR) is 75.2 cm³/mol. The molecule has 1 aliphatic rings. The summed E-state index contributed by atoms with van der Waals surface area (Å²) in [7, 11) is -3.61. The zero-order chi connectivity index (χ0) is 15.0. The first-order chi connectivity index (χ1) is 9.32. The van der Waals surface area contributed by atoms with Crippen LogP contribution in [0.1, 0.15) is 31.2 Å². The average molecular weight is 318 g/mol. The third-order valence-corrected chi connectivity index (χ3v) is 6.89. The molecule has 112 valence electrons. The zero-order valence-corrected chi connectivity index (χ0v) is 13.1. The summed E-state index contributed by atoms with van der Waals surface area (Å²) in [6, 6.07) is 0. The summed E-state index contributed by atoms with van der Waals surface area (Å²) in [5, 5.41) is 10.1. The van der Waals surface area contributed by atoms with Gasteiger partial charge < -0.3 is 5.11 Å². The number of aliphatic carboxylic acids is 1. The minimum atomic E-state index is -3.61. The number of carboxylic acid groups (broad SMARTS) is 1. The second kappa shape index (κ2) is 5.42. The van der Waals surface area contributed by atoms with Crippen molar-refractivity contribution in [1.82, 2.24) is 9.29 Å². The summed E-state index contributed by atoms with van der Waals surface area (Å²) < 4.78 is 26.4. The van der Waals surface area contributed by atoms with Gasteiger partial charge in [-0.3, -0.25) is 4.79 Å². The van der Waals surface area contributed by atoms with E-state index in [0.29, 0.717) is 17.8 Å². The Morgan fingerprint density at radius 1 is 1.60 bits per heavy atom. The Balaban J connectivity index is 2.26. The molecule has 0 amide bonds. The number of carboxylic acids is 1. The molecule has 0 spiro atoms. The van der Waals surface area contributed by atoms with Gasteiger partial charge in [-0.25, -0.2) is 13.4 Å². The van der Waals surface area contributed by atoms with E-state index < -0.39 is 21.4 Å². The van der Waals surface area contributed by atoms with Crippen LogP contribution >= 0.6 is 11.3 Å². The van der Waals surface area contributed by atoms with Gasteiger partial charge in [-0.15, -0.1) is 11.3 Å². The quantitative estimate of drug-likeness (QED) is 0.893. The van der Waals surface area contributed by atoms with Gasteiger partial charge in [0.1, 0.15) is 0 Å². The molecule has 1 saturated heterocycles. The molecule has 1 fully saturated rings. The van der Waals surface area contributed by atoms with Gasteiger partial charge in [0.05, 0.1) is 16.6 Å². The lowest BCUT2D eigenvalue weighted by atomic mass is 9.83. The molecule has 20 heavy (non-hydrogen) atoms. The first kappa shape index (κ1) is 15.4. The number of thiazole rings is 1. The molecular formula is C12H18N2O4S2. The van der Waals surface area contributed by atoms with Crippen molar-refractivity contribution in [2.24, 2.45) is 5.41 Å². The molecule has 0 aromatic carbocycles. The van der Waals surface area contributed by atoms with Crippen molar-refractivity contribution in [2.45, 2.75) is 37.3 Å². The fraction of sp³-hybridized carbons (Fsp3) is 0.667. The van der Waals surface area contributed by atoms with Gasteiger partial charge in [-0.2, -0.15) is 4.31 Å². The first-order valence-corrected chi connectivity index (χ1v) is 8.73. The second-order valence-corrected chi connectivity index (χ2v) is 8.52. The van der Waals surface area contributed by atoms with E-state index >= 15 is 0 Å². The van der Waals surface area contributed by atoms with Crippen LogP contribution in [0.2, 0.25) is 0 Å². The van der Waals surface area contributed by atoms with Gasteiger partial charge in [-0.1, -0.05) is 13.3 Å². The largest absolute Gasteiger partial charge is 0.481 e. The summed E-state index contributed by atoms with van der Waals surface area (Å²) in [6.45, 7) is 3.96. The maximum absolute atomic E-state index is 12.5. The minimum absolute atomic E-state index is 0.0510. The smallest absolute Gasteiger partial charge is 0.311 e. The number of hydrogen-bond donors (Lipinski definition) is 1. The van der Waals surface area contributed by atoms with E-state index in [-0.39, 0.29) is 17.3 Å². The molecule has 1 aromatic rings. The van der Waals surface area contributed by atoms with Crippen molar-refractivity contribution in [3.63, 3.8) is 0 Å².